The van der Waals surface area contributed by atoms with Crippen LogP contribution in [0.3, 0.4) is 0 Å². The standard InChI is InChI=1S/C22H21N3O8S/c26-16-12-34-21-18(23-17(27)11-32-15-4-2-1-3-5-15)20(28)24(21)19(16)22(29)33-10-13-6-8-14(9-7-13)25(30)31/h1-9,16,18-19,21,26H,10-12H2,(H,23,27)/t16?,18-,19?,21+/m1/s1. The van der Waals surface area contributed by atoms with Crippen molar-refractivity contribution in [2.45, 2.75) is 30.2 Å². The monoisotopic (exact) mass is 487 g/mol. The number of nitrogens with zero attached hydrogens (tertiary/aromatic N) is 2. The van der Waals surface area contributed by atoms with Gasteiger partial charge in [-0.05, 0) is 29.8 Å². The van der Waals surface area contributed by atoms with Crippen molar-refractivity contribution in [2.75, 3.05) is 12.4 Å². The number of ether oxygens (including phenoxy) is 2. The fourth-order valence-electron chi connectivity index (χ4n) is 3.67. The summed E-state index contributed by atoms with van der Waals surface area (Å²) in [4.78, 5) is 49.1. The van der Waals surface area contributed by atoms with Gasteiger partial charge in [0.05, 0.1) is 11.0 Å². The van der Waals surface area contributed by atoms with E-state index < -0.39 is 46.3 Å². The zero-order chi connectivity index (χ0) is 24.2. The van der Waals surface area contributed by atoms with Gasteiger partial charge < -0.3 is 24.8 Å². The molecule has 0 aromatic heterocycles. The van der Waals surface area contributed by atoms with E-state index in [0.717, 1.165) is 0 Å². The second-order valence-electron chi connectivity index (χ2n) is 7.66. The molecule has 2 heterocycles. The lowest BCUT2D eigenvalue weighted by Crippen LogP contribution is -2.77. The molecular formula is C22H21N3O8S. The number of esters is 1. The van der Waals surface area contributed by atoms with Crippen molar-refractivity contribution in [3.8, 4) is 5.75 Å². The van der Waals surface area contributed by atoms with E-state index in [2.05, 4.69) is 5.32 Å². The van der Waals surface area contributed by atoms with Gasteiger partial charge in [-0.25, -0.2) is 4.79 Å². The van der Waals surface area contributed by atoms with E-state index >= 15 is 0 Å². The van der Waals surface area contributed by atoms with Crippen LogP contribution in [0, 0.1) is 10.1 Å². The zero-order valence-corrected chi connectivity index (χ0v) is 18.6. The first-order valence-electron chi connectivity index (χ1n) is 10.3. The quantitative estimate of drug-likeness (QED) is 0.239. The van der Waals surface area contributed by atoms with Gasteiger partial charge >= 0.3 is 5.97 Å². The Morgan fingerprint density at radius 3 is 2.56 bits per heavy atom. The molecule has 0 saturated carbocycles. The van der Waals surface area contributed by atoms with Gasteiger partial charge in [0.2, 0.25) is 5.91 Å². The van der Waals surface area contributed by atoms with Crippen molar-refractivity contribution >= 4 is 35.2 Å². The number of benzene rings is 2. The molecule has 0 bridgehead atoms. The lowest BCUT2D eigenvalue weighted by atomic mass is 9.99. The molecule has 2 aliphatic heterocycles. The molecule has 2 unspecified atom stereocenters. The van der Waals surface area contributed by atoms with Crippen LogP contribution in [0.5, 0.6) is 5.75 Å². The largest absolute Gasteiger partial charge is 0.484 e. The number of rotatable bonds is 8. The third-order valence-electron chi connectivity index (χ3n) is 5.38. The maximum absolute atomic E-state index is 12.7. The maximum atomic E-state index is 12.7. The number of para-hydroxylation sites is 1. The third-order valence-corrected chi connectivity index (χ3v) is 6.76. The summed E-state index contributed by atoms with van der Waals surface area (Å²) in [6.45, 7) is -0.439. The van der Waals surface area contributed by atoms with Gasteiger partial charge in [-0.3, -0.25) is 19.7 Å². The number of non-ortho nitro benzene ring substituents is 1. The Bertz CT molecular complexity index is 1080. The number of thioether (sulfide) groups is 1. The average Bonchev–Trinajstić information content (AvgIpc) is 2.85. The van der Waals surface area contributed by atoms with Crippen LogP contribution < -0.4 is 10.1 Å². The van der Waals surface area contributed by atoms with Crippen LogP contribution >= 0.6 is 11.8 Å². The molecule has 2 fully saturated rings. The van der Waals surface area contributed by atoms with Crippen LogP contribution in [-0.4, -0.2) is 68.6 Å². The van der Waals surface area contributed by atoms with E-state index in [1.165, 1.54) is 40.9 Å². The van der Waals surface area contributed by atoms with Gasteiger partial charge in [-0.1, -0.05) is 18.2 Å². The van der Waals surface area contributed by atoms with Gasteiger partial charge in [-0.15, -0.1) is 11.8 Å². The molecule has 4 atom stereocenters. The normalized spacial score (nSPS) is 23.3. The predicted molar refractivity (Wildman–Crippen MR) is 120 cm³/mol. The lowest BCUT2D eigenvalue weighted by Gasteiger charge is -2.53. The fraction of sp³-hybridized carbons (Fsp3) is 0.318. The fourth-order valence-corrected chi connectivity index (χ4v) is 5.02. The van der Waals surface area contributed by atoms with Crippen molar-refractivity contribution in [2.24, 2.45) is 0 Å². The Balaban J connectivity index is 1.32. The first-order chi connectivity index (χ1) is 16.3. The minimum absolute atomic E-state index is 0.0916. The molecule has 2 N–H and O–H groups in total. The number of amides is 2. The number of nitrogens with one attached hydrogen (secondary N) is 1. The van der Waals surface area contributed by atoms with E-state index in [4.69, 9.17) is 9.47 Å². The van der Waals surface area contributed by atoms with Gasteiger partial charge in [-0.2, -0.15) is 0 Å². The van der Waals surface area contributed by atoms with E-state index in [9.17, 15) is 29.6 Å². The van der Waals surface area contributed by atoms with Crippen molar-refractivity contribution in [1.29, 1.82) is 0 Å². The molecule has 12 heteroatoms. The van der Waals surface area contributed by atoms with Crippen molar-refractivity contribution < 1.29 is 33.9 Å². The second-order valence-corrected chi connectivity index (χ2v) is 8.81. The first kappa shape index (κ1) is 23.5. The average molecular weight is 487 g/mol. The second kappa shape index (κ2) is 10.1. The van der Waals surface area contributed by atoms with Gasteiger partial charge in [0, 0.05) is 17.9 Å². The van der Waals surface area contributed by atoms with Crippen molar-refractivity contribution in [3.05, 3.63) is 70.3 Å². The van der Waals surface area contributed by atoms with E-state index in [0.29, 0.717) is 11.3 Å². The molecule has 0 radical (unpaired) electrons. The molecular weight excluding hydrogens is 466 g/mol. The summed E-state index contributed by atoms with van der Waals surface area (Å²) in [6, 6.07) is 12.2. The highest BCUT2D eigenvalue weighted by Gasteiger charge is 2.58. The van der Waals surface area contributed by atoms with Crippen molar-refractivity contribution in [1.82, 2.24) is 10.2 Å². The molecule has 2 saturated heterocycles. The topological polar surface area (TPSA) is 148 Å². The Kier molecular flexibility index (Phi) is 6.98. The number of hydrogen-bond donors (Lipinski definition) is 2. The molecule has 2 amide bonds. The van der Waals surface area contributed by atoms with Crippen molar-refractivity contribution in [3.63, 3.8) is 0 Å². The van der Waals surface area contributed by atoms with Crippen LogP contribution in [0.1, 0.15) is 5.56 Å². The minimum Gasteiger partial charge on any atom is -0.484 e. The molecule has 0 spiro atoms. The van der Waals surface area contributed by atoms with Crippen LogP contribution in [0.15, 0.2) is 54.6 Å². The number of hydrogen-bond acceptors (Lipinski definition) is 9. The van der Waals surface area contributed by atoms with Crippen LogP contribution in [-0.2, 0) is 25.7 Å². The Hall–Kier alpha value is -3.64. The number of aliphatic hydroxyl groups is 1. The Labute approximate surface area is 198 Å². The third kappa shape index (κ3) is 4.97. The molecule has 4 rings (SSSR count). The molecule has 2 aliphatic rings. The van der Waals surface area contributed by atoms with Gasteiger partial charge in [0.1, 0.15) is 23.8 Å². The molecule has 2 aromatic carbocycles. The SMILES string of the molecule is O=C(COc1ccccc1)N[C@@H]1C(=O)N2C(C(=O)OCc3ccc([N+](=O)[O-])cc3)C(O)CS[C@@H]12. The number of aliphatic hydroxyl groups excluding tert-OH is 1. The van der Waals surface area contributed by atoms with E-state index in [1.54, 1.807) is 24.3 Å². The minimum atomic E-state index is -1.20. The predicted octanol–water partition coefficient (Wildman–Crippen LogP) is 0.846. The highest BCUT2D eigenvalue weighted by molar-refractivity contribution is 8.00. The number of carbonyl (C=O) groups is 3. The number of nitro benzene ring substituents is 1. The summed E-state index contributed by atoms with van der Waals surface area (Å²) in [6.07, 6.45) is -1.13. The first-order valence-corrected chi connectivity index (χ1v) is 11.4. The van der Waals surface area contributed by atoms with Gasteiger partial charge in [0.15, 0.2) is 12.6 Å². The van der Waals surface area contributed by atoms with E-state index in [1.807, 2.05) is 6.07 Å². The number of nitro groups is 1. The molecule has 178 valence electrons. The van der Waals surface area contributed by atoms with Crippen LogP contribution in [0.2, 0.25) is 0 Å². The Morgan fingerprint density at radius 1 is 1.18 bits per heavy atom. The summed E-state index contributed by atoms with van der Waals surface area (Å²) in [5, 5.41) is 23.2. The Morgan fingerprint density at radius 2 is 1.88 bits per heavy atom. The van der Waals surface area contributed by atoms with Crippen LogP contribution in [0.4, 0.5) is 5.69 Å². The lowest BCUT2D eigenvalue weighted by molar-refractivity contribution is -0.384. The summed E-state index contributed by atoms with van der Waals surface area (Å²) in [5.41, 5.74) is 0.430. The smallest absolute Gasteiger partial charge is 0.331 e. The number of carbonyl (C=O) groups excluding carboxylic acids is 3. The number of fused-ring (bicyclic) bond motifs is 1. The summed E-state index contributed by atoms with van der Waals surface area (Å²) >= 11 is 1.26. The maximum Gasteiger partial charge on any atom is 0.331 e. The van der Waals surface area contributed by atoms with Gasteiger partial charge in [0.25, 0.3) is 11.6 Å². The zero-order valence-electron chi connectivity index (χ0n) is 17.7. The summed E-state index contributed by atoms with van der Waals surface area (Å²) in [5.74, 6) is -1.07. The van der Waals surface area contributed by atoms with Crippen LogP contribution in [0.25, 0.3) is 0 Å². The van der Waals surface area contributed by atoms with E-state index in [-0.39, 0.29) is 24.7 Å². The molecule has 11 nitrogen and oxygen atoms in total. The molecule has 34 heavy (non-hydrogen) atoms. The summed E-state index contributed by atoms with van der Waals surface area (Å²) < 4.78 is 10.6. The molecule has 0 aliphatic carbocycles. The summed E-state index contributed by atoms with van der Waals surface area (Å²) in [7, 11) is 0. The molecule has 2 aromatic rings. The highest BCUT2D eigenvalue weighted by Crippen LogP contribution is 2.38. The number of β-lactam (4-membered cyclic amide) rings is 1. The highest BCUT2D eigenvalue weighted by atomic mass is 32.2.